The molecule has 3 N–H and O–H groups in total. The van der Waals surface area contributed by atoms with Crippen LogP contribution in [0, 0.1) is 13.8 Å². The molecule has 0 aliphatic heterocycles. The molecule has 0 saturated heterocycles. The lowest BCUT2D eigenvalue weighted by molar-refractivity contribution is -0.144. The largest absolute Gasteiger partial charge is 0.466 e. The van der Waals surface area contributed by atoms with Crippen LogP contribution in [0.15, 0.2) is 18.2 Å². The molecule has 0 aliphatic carbocycles. The van der Waals surface area contributed by atoms with Gasteiger partial charge in [-0.3, -0.25) is 14.4 Å². The second-order valence-corrected chi connectivity index (χ2v) is 10.2. The lowest BCUT2D eigenvalue weighted by Gasteiger charge is -2.35. The number of amides is 3. The monoisotopic (exact) mass is 535 g/mol. The van der Waals surface area contributed by atoms with Gasteiger partial charge in [-0.1, -0.05) is 43.5 Å². The number of esters is 1. The molecule has 10 heteroatoms. The average Bonchev–Trinajstić information content (AvgIpc) is 2.81. The molecule has 2 atom stereocenters. The molecule has 0 radical (unpaired) electrons. The zero-order valence-electron chi connectivity index (χ0n) is 23.9. The highest BCUT2D eigenvalue weighted by Crippen LogP contribution is 2.27. The first-order valence-electron chi connectivity index (χ1n) is 13.3. The van der Waals surface area contributed by atoms with Crippen LogP contribution in [0.1, 0.15) is 83.0 Å². The topological polar surface area (TPSA) is 134 Å². The number of nitrogens with one attached hydrogen (secondary N) is 2. The number of benzene rings is 1. The molecule has 3 amide bonds. The van der Waals surface area contributed by atoms with E-state index in [9.17, 15) is 24.3 Å². The summed E-state index contributed by atoms with van der Waals surface area (Å²) in [6.07, 6.45) is 1.46. The lowest BCUT2D eigenvalue weighted by Crippen LogP contribution is -2.54. The number of hydrogen-bond acceptors (Lipinski definition) is 7. The van der Waals surface area contributed by atoms with E-state index in [-0.39, 0.29) is 26.1 Å². The first-order chi connectivity index (χ1) is 17.8. The summed E-state index contributed by atoms with van der Waals surface area (Å²) in [4.78, 5) is 52.9. The Balaban J connectivity index is 3.39. The zero-order valence-corrected chi connectivity index (χ0v) is 23.9. The number of carbonyl (C=O) groups is 4. The minimum Gasteiger partial charge on any atom is -0.466 e. The predicted octanol–water partition coefficient (Wildman–Crippen LogP) is 3.32. The number of alkyl carbamates (subject to hydrolysis) is 1. The summed E-state index contributed by atoms with van der Waals surface area (Å²) in [7, 11) is 0. The van der Waals surface area contributed by atoms with Gasteiger partial charge in [-0.05, 0) is 59.1 Å². The highest BCUT2D eigenvalue weighted by atomic mass is 16.6. The maximum atomic E-state index is 13.8. The summed E-state index contributed by atoms with van der Waals surface area (Å²) >= 11 is 0. The first-order valence-corrected chi connectivity index (χ1v) is 13.3. The second kappa shape index (κ2) is 16.0. The SMILES string of the molecule is CCCCCN(C(=O)C(CO)NC(=O)OC(C)(C)C)C(C(=O)NCCC(=O)OCC)c1ccc(C)cc1C. The molecule has 1 rings (SSSR count). The molecule has 1 aromatic carbocycles. The minimum atomic E-state index is -1.31. The van der Waals surface area contributed by atoms with Crippen LogP contribution in [0.5, 0.6) is 0 Å². The highest BCUT2D eigenvalue weighted by Gasteiger charge is 2.36. The number of unbranched alkanes of at least 4 members (excludes halogenated alkanes) is 2. The maximum Gasteiger partial charge on any atom is 0.408 e. The molecule has 0 aliphatic rings. The summed E-state index contributed by atoms with van der Waals surface area (Å²) in [5.74, 6) is -1.52. The number of rotatable bonds is 14. The molecule has 214 valence electrons. The Morgan fingerprint density at radius 1 is 1.08 bits per heavy atom. The van der Waals surface area contributed by atoms with Crippen LogP contribution < -0.4 is 10.6 Å². The van der Waals surface area contributed by atoms with Crippen LogP contribution >= 0.6 is 0 Å². The van der Waals surface area contributed by atoms with Crippen molar-refractivity contribution in [2.45, 2.75) is 91.8 Å². The summed E-state index contributed by atoms with van der Waals surface area (Å²) in [5.41, 5.74) is 1.62. The van der Waals surface area contributed by atoms with Gasteiger partial charge in [-0.15, -0.1) is 0 Å². The summed E-state index contributed by atoms with van der Waals surface area (Å²) in [6, 6.07) is 3.23. The highest BCUT2D eigenvalue weighted by molar-refractivity contribution is 5.92. The van der Waals surface area contributed by atoms with E-state index in [1.807, 2.05) is 32.9 Å². The van der Waals surface area contributed by atoms with Gasteiger partial charge in [-0.25, -0.2) is 4.79 Å². The first kappa shape index (κ1) is 32.9. The van der Waals surface area contributed by atoms with Gasteiger partial charge in [0.15, 0.2) is 0 Å². The molecule has 0 aromatic heterocycles. The van der Waals surface area contributed by atoms with Crippen molar-refractivity contribution in [1.29, 1.82) is 0 Å². The zero-order chi connectivity index (χ0) is 28.9. The van der Waals surface area contributed by atoms with E-state index in [1.54, 1.807) is 33.8 Å². The van der Waals surface area contributed by atoms with Crippen molar-refractivity contribution < 1.29 is 33.8 Å². The molecule has 10 nitrogen and oxygen atoms in total. The third kappa shape index (κ3) is 11.1. The quantitative estimate of drug-likeness (QED) is 0.246. The van der Waals surface area contributed by atoms with E-state index in [2.05, 4.69) is 10.6 Å². The molecule has 0 fully saturated rings. The Morgan fingerprint density at radius 2 is 1.76 bits per heavy atom. The van der Waals surface area contributed by atoms with E-state index in [0.29, 0.717) is 12.0 Å². The van der Waals surface area contributed by atoms with Gasteiger partial charge >= 0.3 is 12.1 Å². The number of hydrogen-bond donors (Lipinski definition) is 3. The summed E-state index contributed by atoms with van der Waals surface area (Å²) < 4.78 is 10.2. The van der Waals surface area contributed by atoms with Crippen LogP contribution in [-0.2, 0) is 23.9 Å². The Hall–Kier alpha value is -3.14. The van der Waals surface area contributed by atoms with E-state index in [1.165, 1.54) is 4.90 Å². The third-order valence-corrected chi connectivity index (χ3v) is 5.67. The lowest BCUT2D eigenvalue weighted by atomic mass is 9.96. The van der Waals surface area contributed by atoms with Gasteiger partial charge in [0.2, 0.25) is 11.8 Å². The van der Waals surface area contributed by atoms with Crippen LogP contribution in [-0.4, -0.2) is 71.8 Å². The van der Waals surface area contributed by atoms with Gasteiger partial charge in [0.05, 0.1) is 19.6 Å². The van der Waals surface area contributed by atoms with Crippen LogP contribution in [0.4, 0.5) is 4.79 Å². The number of aliphatic hydroxyl groups excluding tert-OH is 1. The molecular weight excluding hydrogens is 490 g/mol. The predicted molar refractivity (Wildman–Crippen MR) is 144 cm³/mol. The fourth-order valence-electron chi connectivity index (χ4n) is 3.93. The van der Waals surface area contributed by atoms with Gasteiger partial charge in [0, 0.05) is 13.1 Å². The van der Waals surface area contributed by atoms with Crippen molar-refractivity contribution in [3.05, 3.63) is 34.9 Å². The molecule has 0 bridgehead atoms. The number of carbonyl (C=O) groups excluding carboxylic acids is 4. The van der Waals surface area contributed by atoms with E-state index >= 15 is 0 Å². The van der Waals surface area contributed by atoms with Crippen molar-refractivity contribution >= 4 is 23.9 Å². The molecule has 0 saturated carbocycles. The van der Waals surface area contributed by atoms with Gasteiger partial charge in [-0.2, -0.15) is 0 Å². The number of aryl methyl sites for hydroxylation is 2. The van der Waals surface area contributed by atoms with Crippen LogP contribution in [0.25, 0.3) is 0 Å². The van der Waals surface area contributed by atoms with E-state index in [0.717, 1.165) is 24.0 Å². The molecule has 0 spiro atoms. The normalized spacial score (nSPS) is 12.7. The fraction of sp³-hybridized carbons (Fsp3) is 0.643. The minimum absolute atomic E-state index is 0.0115. The van der Waals surface area contributed by atoms with Gasteiger partial charge in [0.25, 0.3) is 0 Å². The standard InChI is InChI=1S/C28H45N3O7/c1-8-10-11-16-31(26(35)22(18-32)30-27(36)38-28(5,6)7)24(21-13-12-19(3)17-20(21)4)25(34)29-15-14-23(33)37-9-2/h12-13,17,22,24,32H,8-11,14-16,18H2,1-7H3,(H,29,34)(H,30,36). The average molecular weight is 536 g/mol. The van der Waals surface area contributed by atoms with Crippen molar-refractivity contribution in [1.82, 2.24) is 15.5 Å². The fourth-order valence-corrected chi connectivity index (χ4v) is 3.93. The van der Waals surface area contributed by atoms with Crippen molar-refractivity contribution in [2.24, 2.45) is 0 Å². The molecular formula is C28H45N3O7. The molecule has 38 heavy (non-hydrogen) atoms. The van der Waals surface area contributed by atoms with Crippen molar-refractivity contribution in [2.75, 3.05) is 26.3 Å². The Kier molecular flexibility index (Phi) is 13.8. The smallest absolute Gasteiger partial charge is 0.408 e. The molecule has 2 unspecified atom stereocenters. The summed E-state index contributed by atoms with van der Waals surface area (Å²) in [5, 5.41) is 15.2. The van der Waals surface area contributed by atoms with Crippen LogP contribution in [0.2, 0.25) is 0 Å². The van der Waals surface area contributed by atoms with Crippen molar-refractivity contribution in [3.8, 4) is 0 Å². The van der Waals surface area contributed by atoms with Gasteiger partial charge in [0.1, 0.15) is 17.7 Å². The van der Waals surface area contributed by atoms with E-state index in [4.69, 9.17) is 9.47 Å². The third-order valence-electron chi connectivity index (χ3n) is 5.67. The van der Waals surface area contributed by atoms with E-state index < -0.39 is 48.2 Å². The Bertz CT molecular complexity index is 943. The molecule has 1 aromatic rings. The Morgan fingerprint density at radius 3 is 2.32 bits per heavy atom. The number of nitrogens with zero attached hydrogens (tertiary/aromatic N) is 1. The number of aliphatic hydroxyl groups is 1. The Labute approximate surface area is 226 Å². The second-order valence-electron chi connectivity index (χ2n) is 10.2. The summed E-state index contributed by atoms with van der Waals surface area (Å²) in [6.45, 7) is 12.4. The van der Waals surface area contributed by atoms with Gasteiger partial charge < -0.3 is 30.1 Å². The maximum absolute atomic E-state index is 13.8. The van der Waals surface area contributed by atoms with Crippen LogP contribution in [0.3, 0.4) is 0 Å². The number of ether oxygens (including phenoxy) is 2. The molecule has 0 heterocycles. The van der Waals surface area contributed by atoms with Crippen molar-refractivity contribution in [3.63, 3.8) is 0 Å².